The smallest absolute Gasteiger partial charge is 0.242 e. The van der Waals surface area contributed by atoms with Gasteiger partial charge in [-0.25, -0.2) is 19.9 Å². The highest BCUT2D eigenvalue weighted by Gasteiger charge is 3.00. The van der Waals surface area contributed by atoms with Crippen LogP contribution in [0.5, 0.6) is 0 Å². The van der Waals surface area contributed by atoms with Crippen LogP contribution in [0.3, 0.4) is 0 Å². The van der Waals surface area contributed by atoms with Crippen molar-refractivity contribution in [3.05, 3.63) is 91.4 Å². The Hall–Kier alpha value is -2.06. The summed E-state index contributed by atoms with van der Waals surface area (Å²) in [5.74, 6) is -4.42. The Bertz CT molecular complexity index is 2440. The highest BCUT2D eigenvalue weighted by molar-refractivity contribution is 6.51. The molecule has 4 aromatic rings. The maximum absolute atomic E-state index is 15.7. The largest absolute Gasteiger partial charge is 0.383 e. The van der Waals surface area contributed by atoms with Crippen LogP contribution in [0.25, 0.3) is 22.1 Å². The average Bonchev–Trinajstić information content (AvgIpc) is 4.01. The van der Waals surface area contributed by atoms with Gasteiger partial charge in [0, 0.05) is 30.8 Å². The quantitative estimate of drug-likeness (QED) is 0.153. The molecule has 15 rings (SSSR count). The van der Waals surface area contributed by atoms with Gasteiger partial charge in [0.25, 0.3) is 0 Å². The van der Waals surface area contributed by atoms with E-state index in [2.05, 4.69) is 0 Å². The maximum Gasteiger partial charge on any atom is 0.242 e. The van der Waals surface area contributed by atoms with Crippen molar-refractivity contribution in [1.29, 1.82) is 0 Å². The number of alkyl halides is 4. The van der Waals surface area contributed by atoms with Crippen LogP contribution in [0.1, 0.15) is 22.8 Å². The summed E-state index contributed by atoms with van der Waals surface area (Å²) in [6.07, 6.45) is -4.46. The lowest BCUT2D eigenvalue weighted by molar-refractivity contribution is -0.154. The molecular formula is C39H23Cl8N5O5. The van der Waals surface area contributed by atoms with Crippen LogP contribution in [0.15, 0.2) is 68.7 Å². The topological polar surface area (TPSA) is 117 Å². The van der Waals surface area contributed by atoms with Crippen LogP contribution in [0, 0.1) is 34.5 Å². The van der Waals surface area contributed by atoms with Gasteiger partial charge in [0.05, 0.1) is 103 Å². The van der Waals surface area contributed by atoms with Gasteiger partial charge in [-0.15, -0.1) is 46.4 Å². The number of methoxy groups -OCH3 is 1. The monoisotopic (exact) mass is 921 g/mol. The highest BCUT2D eigenvalue weighted by Crippen LogP contribution is 2.88. The summed E-state index contributed by atoms with van der Waals surface area (Å²) in [6, 6.07) is 14.6. The van der Waals surface area contributed by atoms with E-state index in [0.717, 1.165) is 0 Å². The summed E-state index contributed by atoms with van der Waals surface area (Å²) in [4.78, 5) is 46.0. The molecule has 6 aliphatic carbocycles. The van der Waals surface area contributed by atoms with Gasteiger partial charge in [-0.2, -0.15) is 0 Å². The molecule has 2 aromatic heterocycles. The van der Waals surface area contributed by atoms with E-state index in [9.17, 15) is 0 Å². The number of ether oxygens (including phenoxy) is 3. The van der Waals surface area contributed by atoms with Crippen LogP contribution in [-0.2, 0) is 43.3 Å². The van der Waals surface area contributed by atoms with Crippen molar-refractivity contribution in [3.8, 4) is 0 Å². The predicted molar refractivity (Wildman–Crippen MR) is 211 cm³/mol. The van der Waals surface area contributed by atoms with Crippen LogP contribution in [-0.4, -0.2) is 81.3 Å². The minimum absolute atomic E-state index is 0.0414. The van der Waals surface area contributed by atoms with Crippen molar-refractivity contribution < 1.29 is 23.8 Å². The van der Waals surface area contributed by atoms with Gasteiger partial charge in [0.1, 0.15) is 30.3 Å². The van der Waals surface area contributed by atoms with E-state index in [0.29, 0.717) is 44.8 Å². The van der Waals surface area contributed by atoms with Crippen molar-refractivity contribution in [3.63, 3.8) is 0 Å². The van der Waals surface area contributed by atoms with Gasteiger partial charge in [0.15, 0.2) is 0 Å². The SMILES string of the molecule is COCCN1C(=O)C23[C@@H]4O[C@@H]([C@@H]5[C@H]4[C@]4(Cl)C(Cl)=C(Cl)[C@]5(Cl)c5nc6ccccc6nc54)C2(C1=O)[C@@H]1O[C@H]3[C@@H]2[C@H]1[C@]1(Cl)C(Cl)=C(Cl)[C@]2(Cl)c2nc3ccccc3nc21. The number of hydrogen-bond donors (Lipinski definition) is 0. The molecule has 2 aromatic carbocycles. The molecule has 290 valence electrons. The maximum atomic E-state index is 15.7. The van der Waals surface area contributed by atoms with Gasteiger partial charge in [0.2, 0.25) is 11.8 Å². The molecule has 7 heterocycles. The Balaban J connectivity index is 1.10. The number of aromatic nitrogens is 4. The summed E-state index contributed by atoms with van der Waals surface area (Å²) in [5.41, 5.74) is 0.00430. The second-order valence-corrected chi connectivity index (χ2v) is 20.4. The van der Waals surface area contributed by atoms with E-state index in [4.69, 9.17) is 127 Å². The summed E-state index contributed by atoms with van der Waals surface area (Å²) >= 11 is 60.7. The van der Waals surface area contributed by atoms with E-state index >= 15 is 9.59 Å². The lowest BCUT2D eigenvalue weighted by Crippen LogP contribution is -2.75. The number of allylic oxidation sites excluding steroid dienone is 4. The van der Waals surface area contributed by atoms with Crippen molar-refractivity contribution in [2.45, 2.75) is 43.9 Å². The van der Waals surface area contributed by atoms with Gasteiger partial charge < -0.3 is 14.2 Å². The molecule has 0 spiro atoms. The van der Waals surface area contributed by atoms with Gasteiger partial charge in [-0.3, -0.25) is 14.5 Å². The summed E-state index contributed by atoms with van der Waals surface area (Å²) in [5, 5.41) is 0.190. The molecule has 57 heavy (non-hydrogen) atoms. The molecule has 0 saturated carbocycles. The Morgan fingerprint density at radius 3 is 1.11 bits per heavy atom. The number of rotatable bonds is 3. The molecule has 5 fully saturated rings. The number of nitrogens with zero attached hydrogens (tertiary/aromatic N) is 5. The average molecular weight is 925 g/mol. The number of halogens is 8. The van der Waals surface area contributed by atoms with Gasteiger partial charge in [-0.05, 0) is 24.3 Å². The van der Waals surface area contributed by atoms with E-state index in [1.165, 1.54) is 12.0 Å². The predicted octanol–water partition coefficient (Wildman–Crippen LogP) is 7.46. The second kappa shape index (κ2) is 10.5. The van der Waals surface area contributed by atoms with Gasteiger partial charge in [-0.1, -0.05) is 70.7 Å². The van der Waals surface area contributed by atoms with E-state index in [-0.39, 0.29) is 33.3 Å². The third-order valence-electron chi connectivity index (χ3n) is 14.9. The zero-order valence-electron chi connectivity index (χ0n) is 29.0. The molecular weight excluding hydrogens is 902 g/mol. The third kappa shape index (κ3) is 3.21. The lowest BCUT2D eigenvalue weighted by Gasteiger charge is -2.64. The number of carbonyl (C=O) groups excluding carboxylic acids is 2. The molecule has 2 unspecified atom stereocenters. The minimum Gasteiger partial charge on any atom is -0.383 e. The molecule has 11 aliphatic rings. The Morgan fingerprint density at radius 2 is 0.842 bits per heavy atom. The second-order valence-electron chi connectivity index (χ2n) is 16.5. The third-order valence-corrected chi connectivity index (χ3v) is 19.9. The van der Waals surface area contributed by atoms with Crippen LogP contribution in [0.2, 0.25) is 0 Å². The Morgan fingerprint density at radius 1 is 0.561 bits per heavy atom. The first-order valence-electron chi connectivity index (χ1n) is 18.3. The Kier molecular flexibility index (Phi) is 6.58. The van der Waals surface area contributed by atoms with Crippen molar-refractivity contribution >= 4 is 127 Å². The van der Waals surface area contributed by atoms with Gasteiger partial charge >= 0.3 is 0 Å². The zero-order valence-corrected chi connectivity index (χ0v) is 35.0. The van der Waals surface area contributed by atoms with E-state index in [1.807, 2.05) is 48.5 Å². The van der Waals surface area contributed by atoms with Crippen LogP contribution >= 0.6 is 92.8 Å². The number of hydrogen-bond acceptors (Lipinski definition) is 9. The molecule has 5 aliphatic heterocycles. The number of benzene rings is 2. The summed E-state index contributed by atoms with van der Waals surface area (Å²) in [7, 11) is 1.50. The number of fused-ring (bicyclic) bond motifs is 6. The first-order chi connectivity index (χ1) is 27.2. The molecule has 14 atom stereocenters. The van der Waals surface area contributed by atoms with Crippen molar-refractivity contribution in [2.75, 3.05) is 20.3 Å². The fourth-order valence-electron chi connectivity index (χ4n) is 13.1. The molecule has 8 bridgehead atoms. The number of para-hydroxylation sites is 4. The van der Waals surface area contributed by atoms with E-state index in [1.54, 1.807) is 0 Å². The standard InChI is InChI=1S/C39H23Cl8N5O5/c1-55-11-10-52-32(53)34-28-16-17(37(45)21(41)20(40)36(16,44)24-25(37)49-13-7-3-2-6-12(13)48-24)29(56-28)35(34,33(52)54)31-19-18(30(34)57-31)38(46)22(42)23(43)39(19,47)27-26(38)50-14-8-4-5-9-15(14)51-27/h2-9,16-19,28-31H,10-11H2,1H3/t16-,17+,18+,19-,28-,29+,30+,31-,34?,35?,36-,37-,38-,39-/m0/s1. The molecule has 0 radical (unpaired) electrons. The molecule has 2 amide bonds. The first kappa shape index (κ1) is 35.7. The number of amides is 2. The zero-order chi connectivity index (χ0) is 39.3. The molecule has 10 nitrogen and oxygen atoms in total. The molecule has 5 saturated heterocycles. The van der Waals surface area contributed by atoms with Crippen LogP contribution in [0.4, 0.5) is 0 Å². The lowest BCUT2D eigenvalue weighted by atomic mass is 9.37. The number of likely N-dealkylation sites (tertiary alicyclic amines) is 1. The summed E-state index contributed by atoms with van der Waals surface area (Å²) < 4.78 is 19.7. The fraction of sp³-hybridized carbons (Fsp3) is 0.436. The highest BCUT2D eigenvalue weighted by atomic mass is 35.5. The van der Waals surface area contributed by atoms with Crippen molar-refractivity contribution in [2.24, 2.45) is 34.5 Å². The Labute approximate surface area is 363 Å². The summed E-state index contributed by atoms with van der Waals surface area (Å²) in [6.45, 7) is 0.0317. The van der Waals surface area contributed by atoms with Crippen molar-refractivity contribution in [1.82, 2.24) is 24.8 Å². The number of imide groups is 1. The van der Waals surface area contributed by atoms with E-state index < -0.39 is 90.2 Å². The molecule has 18 heteroatoms. The normalized spacial score (nSPS) is 46.0. The molecule has 0 N–H and O–H groups in total. The number of carbonyl (C=O) groups is 2. The first-order valence-corrected chi connectivity index (χ1v) is 21.3. The van der Waals surface area contributed by atoms with Crippen LogP contribution < -0.4 is 0 Å². The fourth-order valence-corrected chi connectivity index (χ4v) is 16.7. The minimum atomic E-state index is -1.73.